The Kier molecular flexibility index (Phi) is 6.54. The van der Waals surface area contributed by atoms with E-state index in [1.54, 1.807) is 31.2 Å². The Labute approximate surface area is 197 Å². The first kappa shape index (κ1) is 22.4. The molecule has 0 heterocycles. The first-order chi connectivity index (χ1) is 15.4. The Morgan fingerprint density at radius 1 is 0.875 bits per heavy atom. The summed E-state index contributed by atoms with van der Waals surface area (Å²) in [4.78, 5) is 25.9. The van der Waals surface area contributed by atoms with E-state index < -0.39 is 11.5 Å². The molecule has 1 aliphatic rings. The van der Waals surface area contributed by atoms with Gasteiger partial charge in [0.1, 0.15) is 5.54 Å². The molecule has 4 nitrogen and oxygen atoms in total. The molecule has 3 aromatic carbocycles. The van der Waals surface area contributed by atoms with Crippen LogP contribution in [0.5, 0.6) is 0 Å². The molecule has 6 heteroatoms. The molecule has 1 aliphatic carbocycles. The lowest BCUT2D eigenvalue weighted by atomic mass is 9.95. The van der Waals surface area contributed by atoms with Gasteiger partial charge in [0.2, 0.25) is 5.91 Å². The average molecular weight is 468 g/mol. The zero-order chi connectivity index (χ0) is 22.7. The molecule has 0 saturated heterocycles. The third-order valence-electron chi connectivity index (χ3n) is 5.69. The van der Waals surface area contributed by atoms with Crippen molar-refractivity contribution in [3.63, 3.8) is 0 Å². The van der Waals surface area contributed by atoms with Crippen molar-refractivity contribution in [1.29, 1.82) is 0 Å². The maximum absolute atomic E-state index is 13.0. The first-order valence-electron chi connectivity index (χ1n) is 10.5. The second-order valence-corrected chi connectivity index (χ2v) is 8.87. The van der Waals surface area contributed by atoms with Crippen LogP contribution in [0.3, 0.4) is 0 Å². The van der Waals surface area contributed by atoms with Crippen molar-refractivity contribution in [2.24, 2.45) is 0 Å². The van der Waals surface area contributed by atoms with Gasteiger partial charge in [0, 0.05) is 22.9 Å². The SMILES string of the molecule is CCOC(=O)C1(NC(=O)Cc2ccc(Cl)cc2)Cc2ccc(-c3ccc(Cl)cc3)cc2C1. The smallest absolute Gasteiger partial charge is 0.332 e. The minimum absolute atomic E-state index is 0.157. The van der Waals surface area contributed by atoms with Crippen molar-refractivity contribution in [3.8, 4) is 11.1 Å². The number of hydrogen-bond acceptors (Lipinski definition) is 3. The van der Waals surface area contributed by atoms with Crippen LogP contribution in [0.2, 0.25) is 10.0 Å². The maximum atomic E-state index is 13.0. The van der Waals surface area contributed by atoms with Gasteiger partial charge >= 0.3 is 5.97 Å². The standard InChI is InChI=1S/C26H23Cl2NO3/c1-2-32-25(31)26(29-24(30)13-17-3-9-22(27)10-4-17)15-20-6-5-19(14-21(20)16-26)18-7-11-23(28)12-8-18/h3-12,14H,2,13,15-16H2,1H3,(H,29,30). The summed E-state index contributed by atoms with van der Waals surface area (Å²) < 4.78 is 5.37. The number of ether oxygens (including phenoxy) is 1. The van der Waals surface area contributed by atoms with Crippen molar-refractivity contribution in [1.82, 2.24) is 5.32 Å². The van der Waals surface area contributed by atoms with Crippen LogP contribution in [0.25, 0.3) is 11.1 Å². The van der Waals surface area contributed by atoms with Gasteiger partial charge in [-0.25, -0.2) is 4.79 Å². The molecule has 4 rings (SSSR count). The second-order valence-electron chi connectivity index (χ2n) is 8.00. The number of rotatable bonds is 6. The first-order valence-corrected chi connectivity index (χ1v) is 11.2. The summed E-state index contributed by atoms with van der Waals surface area (Å²) in [6, 6.07) is 20.9. The van der Waals surface area contributed by atoms with E-state index in [1.165, 1.54) is 0 Å². The summed E-state index contributed by atoms with van der Waals surface area (Å²) in [5, 5.41) is 4.28. The van der Waals surface area contributed by atoms with Crippen molar-refractivity contribution < 1.29 is 14.3 Å². The number of benzene rings is 3. The Bertz CT molecular complexity index is 1140. The molecular weight excluding hydrogens is 445 g/mol. The third kappa shape index (κ3) is 4.82. The van der Waals surface area contributed by atoms with Crippen LogP contribution >= 0.6 is 23.2 Å². The summed E-state index contributed by atoms with van der Waals surface area (Å²) in [5.41, 5.74) is 3.84. The normalized spacial score (nSPS) is 17.0. The predicted octanol–water partition coefficient (Wildman–Crippen LogP) is 5.42. The van der Waals surface area contributed by atoms with E-state index in [0.717, 1.165) is 27.8 Å². The van der Waals surface area contributed by atoms with E-state index in [-0.39, 0.29) is 18.9 Å². The molecule has 0 fully saturated rings. The molecule has 164 valence electrons. The molecule has 0 spiro atoms. The summed E-state index contributed by atoms with van der Waals surface area (Å²) in [6.45, 7) is 2.02. The van der Waals surface area contributed by atoms with Crippen molar-refractivity contribution >= 4 is 35.1 Å². The van der Waals surface area contributed by atoms with Gasteiger partial charge in [-0.05, 0) is 59.0 Å². The topological polar surface area (TPSA) is 55.4 Å². The summed E-state index contributed by atoms with van der Waals surface area (Å²) in [7, 11) is 0. The summed E-state index contributed by atoms with van der Waals surface area (Å²) in [5.74, 6) is -0.639. The fourth-order valence-corrected chi connectivity index (χ4v) is 4.40. The highest BCUT2D eigenvalue weighted by molar-refractivity contribution is 6.30. The van der Waals surface area contributed by atoms with E-state index in [4.69, 9.17) is 27.9 Å². The van der Waals surface area contributed by atoms with Crippen LogP contribution in [-0.2, 0) is 33.6 Å². The molecule has 1 atom stereocenters. The number of carbonyl (C=O) groups is 2. The Balaban J connectivity index is 1.58. The van der Waals surface area contributed by atoms with E-state index in [0.29, 0.717) is 22.9 Å². The molecule has 32 heavy (non-hydrogen) atoms. The fraction of sp³-hybridized carbons (Fsp3) is 0.231. The van der Waals surface area contributed by atoms with E-state index in [1.807, 2.05) is 36.4 Å². The van der Waals surface area contributed by atoms with Gasteiger partial charge in [-0.1, -0.05) is 65.7 Å². The number of fused-ring (bicyclic) bond motifs is 1. The summed E-state index contributed by atoms with van der Waals surface area (Å²) >= 11 is 11.9. The van der Waals surface area contributed by atoms with Gasteiger partial charge in [-0.15, -0.1) is 0 Å². The van der Waals surface area contributed by atoms with E-state index >= 15 is 0 Å². The lowest BCUT2D eigenvalue weighted by molar-refractivity contribution is -0.153. The average Bonchev–Trinajstić information content (AvgIpc) is 3.14. The monoisotopic (exact) mass is 467 g/mol. The Hall–Kier alpha value is -2.82. The number of nitrogens with one attached hydrogen (secondary N) is 1. The number of hydrogen-bond donors (Lipinski definition) is 1. The van der Waals surface area contributed by atoms with Gasteiger partial charge in [0.05, 0.1) is 13.0 Å². The maximum Gasteiger partial charge on any atom is 0.332 e. The van der Waals surface area contributed by atoms with Gasteiger partial charge < -0.3 is 10.1 Å². The van der Waals surface area contributed by atoms with Crippen molar-refractivity contribution in [2.45, 2.75) is 31.7 Å². The number of carbonyl (C=O) groups excluding carboxylic acids is 2. The molecule has 1 N–H and O–H groups in total. The minimum atomic E-state index is -1.11. The third-order valence-corrected chi connectivity index (χ3v) is 6.20. The predicted molar refractivity (Wildman–Crippen MR) is 127 cm³/mol. The largest absolute Gasteiger partial charge is 0.464 e. The van der Waals surface area contributed by atoms with E-state index in [2.05, 4.69) is 11.4 Å². The van der Waals surface area contributed by atoms with Gasteiger partial charge in [0.25, 0.3) is 0 Å². The van der Waals surface area contributed by atoms with Crippen LogP contribution in [-0.4, -0.2) is 24.0 Å². The Morgan fingerprint density at radius 3 is 2.12 bits per heavy atom. The molecule has 1 amide bonds. The highest BCUT2D eigenvalue weighted by Gasteiger charge is 2.46. The zero-order valence-electron chi connectivity index (χ0n) is 17.7. The lowest BCUT2D eigenvalue weighted by Crippen LogP contribution is -2.56. The van der Waals surface area contributed by atoms with Gasteiger partial charge in [-0.2, -0.15) is 0 Å². The van der Waals surface area contributed by atoms with Crippen LogP contribution in [0, 0.1) is 0 Å². The van der Waals surface area contributed by atoms with Crippen LogP contribution in [0.1, 0.15) is 23.6 Å². The lowest BCUT2D eigenvalue weighted by Gasteiger charge is -2.28. The molecule has 0 bridgehead atoms. The van der Waals surface area contributed by atoms with Crippen molar-refractivity contribution in [3.05, 3.63) is 93.5 Å². The highest BCUT2D eigenvalue weighted by Crippen LogP contribution is 2.35. The van der Waals surface area contributed by atoms with Gasteiger partial charge in [0.15, 0.2) is 0 Å². The molecule has 0 aromatic heterocycles. The molecule has 0 aliphatic heterocycles. The quantitative estimate of drug-likeness (QED) is 0.492. The van der Waals surface area contributed by atoms with Gasteiger partial charge in [-0.3, -0.25) is 4.79 Å². The van der Waals surface area contributed by atoms with Crippen molar-refractivity contribution in [2.75, 3.05) is 6.61 Å². The van der Waals surface area contributed by atoms with Crippen LogP contribution in [0.15, 0.2) is 66.7 Å². The minimum Gasteiger partial charge on any atom is -0.464 e. The van der Waals surface area contributed by atoms with Crippen LogP contribution < -0.4 is 5.32 Å². The fourth-order valence-electron chi connectivity index (χ4n) is 4.15. The number of halogens is 2. The molecule has 0 radical (unpaired) electrons. The molecule has 0 saturated carbocycles. The summed E-state index contributed by atoms with van der Waals surface area (Å²) in [6.07, 6.45) is 0.939. The molecule has 1 unspecified atom stereocenters. The van der Waals surface area contributed by atoms with E-state index in [9.17, 15) is 9.59 Å². The Morgan fingerprint density at radius 2 is 1.47 bits per heavy atom. The van der Waals surface area contributed by atoms with Crippen LogP contribution in [0.4, 0.5) is 0 Å². The number of esters is 1. The molecule has 3 aromatic rings. The second kappa shape index (κ2) is 9.35. The number of amides is 1. The molecular formula is C26H23Cl2NO3. The highest BCUT2D eigenvalue weighted by atomic mass is 35.5. The zero-order valence-corrected chi connectivity index (χ0v) is 19.2.